The average molecular weight is 540 g/mol. The number of rotatable bonds is 7. The minimum absolute atomic E-state index is 0.147. The molecule has 1 aliphatic carbocycles. The maximum atomic E-state index is 16.1. The topological polar surface area (TPSA) is 74.6 Å². The Kier molecular flexibility index (Phi) is 6.52. The lowest BCUT2D eigenvalue weighted by Gasteiger charge is -2.46. The van der Waals surface area contributed by atoms with Crippen LogP contribution in [-0.2, 0) is 16.2 Å². The van der Waals surface area contributed by atoms with Gasteiger partial charge in [-0.25, -0.2) is 8.78 Å². The molecule has 0 amide bonds. The van der Waals surface area contributed by atoms with Gasteiger partial charge >= 0.3 is 5.97 Å². The van der Waals surface area contributed by atoms with E-state index in [9.17, 15) is 14.3 Å². The molecule has 208 valence electrons. The Balaban J connectivity index is 1.15. The second-order valence-electron chi connectivity index (χ2n) is 11.8. The smallest absolute Gasteiger partial charge is 0.309 e. The van der Waals surface area contributed by atoms with Crippen molar-refractivity contribution in [2.24, 2.45) is 10.6 Å². The van der Waals surface area contributed by atoms with Gasteiger partial charge in [0.2, 0.25) is 0 Å². The van der Waals surface area contributed by atoms with Gasteiger partial charge in [0.1, 0.15) is 23.2 Å². The van der Waals surface area contributed by atoms with Crippen molar-refractivity contribution in [3.63, 3.8) is 0 Å². The van der Waals surface area contributed by atoms with Gasteiger partial charge < -0.3 is 19.6 Å². The van der Waals surface area contributed by atoms with Crippen molar-refractivity contribution in [3.8, 4) is 16.9 Å². The molecule has 9 heteroatoms. The maximum absolute atomic E-state index is 16.1. The van der Waals surface area contributed by atoms with Crippen LogP contribution in [0.3, 0.4) is 0 Å². The van der Waals surface area contributed by atoms with Crippen LogP contribution in [0.15, 0.2) is 35.5 Å². The first kappa shape index (κ1) is 26.0. The number of likely N-dealkylation sites (tertiary alicyclic amines) is 2. The summed E-state index contributed by atoms with van der Waals surface area (Å²) < 4.78 is 35.7. The number of amidine groups is 1. The number of ether oxygens (including phenoxy) is 1. The number of carboxylic acid groups (broad SMARTS) is 1. The molecular formula is C30H35F2N3O4. The van der Waals surface area contributed by atoms with E-state index >= 15 is 4.39 Å². The summed E-state index contributed by atoms with van der Waals surface area (Å²) in [5.41, 5.74) is 1.69. The molecule has 1 saturated carbocycles. The Hall–Kier alpha value is -3.20. The number of aliphatic carboxylic acids is 1. The number of carboxylic acids is 1. The van der Waals surface area contributed by atoms with Crippen LogP contribution in [0.1, 0.15) is 63.0 Å². The fraction of sp³-hybridized carbons (Fsp3) is 0.533. The molecule has 0 aromatic heterocycles. The molecule has 1 spiro atoms. The van der Waals surface area contributed by atoms with Crippen molar-refractivity contribution < 1.29 is 28.3 Å². The van der Waals surface area contributed by atoms with E-state index in [1.54, 1.807) is 18.2 Å². The molecule has 0 atom stereocenters. The summed E-state index contributed by atoms with van der Waals surface area (Å²) in [4.78, 5) is 21.8. The molecule has 3 fully saturated rings. The molecule has 39 heavy (non-hydrogen) atoms. The fourth-order valence-electron chi connectivity index (χ4n) is 6.20. The van der Waals surface area contributed by atoms with E-state index in [0.717, 1.165) is 29.8 Å². The maximum Gasteiger partial charge on any atom is 0.309 e. The highest BCUT2D eigenvalue weighted by Crippen LogP contribution is 2.50. The average Bonchev–Trinajstić information content (AvgIpc) is 3.64. The van der Waals surface area contributed by atoms with Gasteiger partial charge in [-0.3, -0.25) is 9.69 Å². The molecule has 3 heterocycles. The third-order valence-electron chi connectivity index (χ3n) is 8.75. The lowest BCUT2D eigenvalue weighted by molar-refractivity contribution is -0.150. The predicted molar refractivity (Wildman–Crippen MR) is 143 cm³/mol. The highest BCUT2D eigenvalue weighted by Gasteiger charge is 2.51. The molecule has 1 N–H and O–H groups in total. The fourth-order valence-corrected chi connectivity index (χ4v) is 6.20. The summed E-state index contributed by atoms with van der Waals surface area (Å²) in [6.45, 7) is 7.20. The van der Waals surface area contributed by atoms with Gasteiger partial charge in [-0.05, 0) is 69.2 Å². The molecule has 2 aromatic rings. The van der Waals surface area contributed by atoms with Crippen LogP contribution in [0, 0.1) is 17.0 Å². The summed E-state index contributed by atoms with van der Waals surface area (Å²) in [7, 11) is 0. The van der Waals surface area contributed by atoms with Gasteiger partial charge in [0.15, 0.2) is 5.60 Å². The summed E-state index contributed by atoms with van der Waals surface area (Å²) in [5, 5.41) is 13.9. The minimum Gasteiger partial charge on any atom is -0.493 e. The molecule has 2 saturated heterocycles. The molecule has 4 aliphatic rings. The van der Waals surface area contributed by atoms with Gasteiger partial charge in [0.25, 0.3) is 0 Å². The SMILES string of the molecule is CCOc1cc(CN2CC3(CC(N4CCC(C)(C(=O)O)CC4)=NO3)C2)c(F)c(C2CC2)c1-c1ccc(F)cc1. The van der Waals surface area contributed by atoms with E-state index in [1.807, 2.05) is 13.8 Å². The number of halogens is 2. The van der Waals surface area contributed by atoms with E-state index in [0.29, 0.717) is 75.5 Å². The lowest BCUT2D eigenvalue weighted by atomic mass is 9.80. The number of benzene rings is 2. The van der Waals surface area contributed by atoms with Crippen LogP contribution in [0.2, 0.25) is 0 Å². The summed E-state index contributed by atoms with van der Waals surface area (Å²) >= 11 is 0. The Morgan fingerprint density at radius 2 is 1.87 bits per heavy atom. The number of hydrogen-bond donors (Lipinski definition) is 1. The van der Waals surface area contributed by atoms with Gasteiger partial charge in [-0.2, -0.15) is 0 Å². The first-order valence-electron chi connectivity index (χ1n) is 13.9. The number of carbonyl (C=O) groups is 1. The molecule has 3 aliphatic heterocycles. The molecular weight excluding hydrogens is 504 g/mol. The second kappa shape index (κ2) is 9.77. The van der Waals surface area contributed by atoms with Crippen LogP contribution in [0.4, 0.5) is 8.78 Å². The molecule has 7 nitrogen and oxygen atoms in total. The Bertz CT molecular complexity index is 1290. The van der Waals surface area contributed by atoms with Crippen LogP contribution < -0.4 is 4.74 Å². The number of piperidine rings is 1. The standard InChI is InChI=1S/C30H35F2N3O4/c1-3-38-23-14-21(27(32)26(20-4-5-20)25(23)19-6-8-22(31)9-7-19)16-34-17-30(18-34)15-24(33-39-30)35-12-10-29(2,11-13-35)28(36)37/h6-9,14,20H,3-5,10-13,15-18H2,1-2H3,(H,36,37). The molecule has 6 rings (SSSR count). The Morgan fingerprint density at radius 3 is 2.49 bits per heavy atom. The lowest BCUT2D eigenvalue weighted by Crippen LogP contribution is -2.61. The molecule has 2 aromatic carbocycles. The van der Waals surface area contributed by atoms with E-state index in [1.165, 1.54) is 12.1 Å². The van der Waals surface area contributed by atoms with Gasteiger partial charge in [0.05, 0.1) is 18.4 Å². The Labute approximate surface area is 227 Å². The highest BCUT2D eigenvalue weighted by atomic mass is 19.1. The highest BCUT2D eigenvalue weighted by molar-refractivity contribution is 5.85. The van der Waals surface area contributed by atoms with E-state index in [2.05, 4.69) is 15.0 Å². The second-order valence-corrected chi connectivity index (χ2v) is 11.8. The summed E-state index contributed by atoms with van der Waals surface area (Å²) in [5.74, 6) is 0.404. The van der Waals surface area contributed by atoms with E-state index in [4.69, 9.17) is 9.57 Å². The monoisotopic (exact) mass is 539 g/mol. The van der Waals surface area contributed by atoms with E-state index < -0.39 is 17.0 Å². The Morgan fingerprint density at radius 1 is 1.18 bits per heavy atom. The summed E-state index contributed by atoms with van der Waals surface area (Å²) in [6.07, 6.45) is 3.71. The van der Waals surface area contributed by atoms with Crippen LogP contribution in [0.5, 0.6) is 5.75 Å². The van der Waals surface area contributed by atoms with Crippen molar-refractivity contribution >= 4 is 11.8 Å². The minimum atomic E-state index is -0.742. The van der Waals surface area contributed by atoms with Crippen LogP contribution in [-0.4, -0.2) is 65.1 Å². The number of hydrogen-bond acceptors (Lipinski definition) is 6. The van der Waals surface area contributed by atoms with Crippen molar-refractivity contribution in [3.05, 3.63) is 53.1 Å². The zero-order valence-corrected chi connectivity index (χ0v) is 22.5. The third kappa shape index (κ3) is 4.86. The summed E-state index contributed by atoms with van der Waals surface area (Å²) in [6, 6.07) is 7.99. The van der Waals surface area contributed by atoms with E-state index in [-0.39, 0.29) is 17.6 Å². The van der Waals surface area contributed by atoms with Crippen molar-refractivity contribution in [1.29, 1.82) is 0 Å². The van der Waals surface area contributed by atoms with Gasteiger partial charge in [-0.15, -0.1) is 0 Å². The first-order chi connectivity index (χ1) is 18.7. The van der Waals surface area contributed by atoms with Crippen molar-refractivity contribution in [2.45, 2.75) is 64.0 Å². The van der Waals surface area contributed by atoms with Crippen molar-refractivity contribution in [1.82, 2.24) is 9.80 Å². The zero-order valence-electron chi connectivity index (χ0n) is 22.5. The molecule has 0 bridgehead atoms. The van der Waals surface area contributed by atoms with Crippen LogP contribution >= 0.6 is 0 Å². The largest absolute Gasteiger partial charge is 0.493 e. The zero-order chi connectivity index (χ0) is 27.4. The normalized spacial score (nSPS) is 21.8. The molecule has 0 unspecified atom stereocenters. The van der Waals surface area contributed by atoms with Crippen LogP contribution in [0.25, 0.3) is 11.1 Å². The van der Waals surface area contributed by atoms with Gasteiger partial charge in [-0.1, -0.05) is 17.3 Å². The number of nitrogens with zero attached hydrogens (tertiary/aromatic N) is 3. The predicted octanol–water partition coefficient (Wildman–Crippen LogP) is 5.38. The third-order valence-corrected chi connectivity index (χ3v) is 8.75. The quantitative estimate of drug-likeness (QED) is 0.509. The molecule has 0 radical (unpaired) electrons. The first-order valence-corrected chi connectivity index (χ1v) is 13.9. The number of oxime groups is 1. The van der Waals surface area contributed by atoms with Crippen molar-refractivity contribution in [2.75, 3.05) is 32.8 Å². The van der Waals surface area contributed by atoms with Gasteiger partial charge in [0, 0.05) is 49.4 Å².